The number of esters is 2. The second kappa shape index (κ2) is 43.6. The van der Waals surface area contributed by atoms with Crippen molar-refractivity contribution < 1.29 is 38.2 Å². The molecular weight excluding hydrogens is 775 g/mol. The molecular formula is C54H87NO7. The van der Waals surface area contributed by atoms with Crippen LogP contribution in [-0.2, 0) is 28.6 Å². The minimum Gasteiger partial charge on any atom is -0.544 e. The Morgan fingerprint density at radius 3 is 1.40 bits per heavy atom. The number of rotatable bonds is 41. The van der Waals surface area contributed by atoms with Gasteiger partial charge in [0.2, 0.25) is 0 Å². The van der Waals surface area contributed by atoms with E-state index in [0.29, 0.717) is 12.8 Å². The van der Waals surface area contributed by atoms with Crippen LogP contribution in [0.3, 0.4) is 0 Å². The highest BCUT2D eigenvalue weighted by molar-refractivity contribution is 5.70. The lowest BCUT2D eigenvalue weighted by atomic mass is 10.1. The van der Waals surface area contributed by atoms with E-state index in [-0.39, 0.29) is 43.1 Å². The van der Waals surface area contributed by atoms with Crippen LogP contribution < -0.4 is 5.11 Å². The number of carboxylic acid groups (broad SMARTS) is 1. The van der Waals surface area contributed by atoms with Gasteiger partial charge in [-0.15, -0.1) is 0 Å². The first kappa shape index (κ1) is 58.0. The fraction of sp³-hybridized carbons (Fsp3) is 0.611. The SMILES string of the molecule is CC/C=C\C/C=C\C/C=C\C/C=C\C/C=C\C/C=C\CCC(=O)OC(COCCC(C(=O)[O-])[N+](C)(C)C)COC(=O)CCCCCCCC/C=C\C/C=C\C/C=C\CCCCC. The molecule has 0 aliphatic rings. The summed E-state index contributed by atoms with van der Waals surface area (Å²) in [4.78, 5) is 36.9. The zero-order valence-corrected chi connectivity index (χ0v) is 39.7. The first-order valence-electron chi connectivity index (χ1n) is 23.9. The molecule has 2 unspecified atom stereocenters. The standard InChI is InChI=1S/C54H87NO7/c1-6-8-10-12-14-16-18-20-22-24-26-28-30-32-34-36-38-40-42-44-52(56)61-49-50(48-60-47-46-51(54(58)59)55(3,4)5)62-53(57)45-43-41-39-37-35-33-31-29-27-25-23-21-19-17-15-13-11-9-7-2/h9,11,14-17,20-23,26-29,33,35,39,41,50-51H,6-8,10,12-13,18-19,24-25,30-32,34,36-38,40,42-49H2,1-5H3/b11-9-,16-14-,17-15-,22-20-,23-21-,28-26-,29-27-,35-33-,41-39-. The van der Waals surface area contributed by atoms with E-state index in [1.165, 1.54) is 38.5 Å². The second-order valence-electron chi connectivity index (χ2n) is 16.6. The molecule has 0 saturated heterocycles. The zero-order chi connectivity index (χ0) is 45.6. The lowest BCUT2D eigenvalue weighted by Gasteiger charge is -2.34. The predicted octanol–water partition coefficient (Wildman–Crippen LogP) is 12.3. The highest BCUT2D eigenvalue weighted by atomic mass is 16.6. The molecule has 0 amide bonds. The van der Waals surface area contributed by atoms with Crippen molar-refractivity contribution in [1.29, 1.82) is 0 Å². The van der Waals surface area contributed by atoms with E-state index in [0.717, 1.165) is 83.5 Å². The van der Waals surface area contributed by atoms with Gasteiger partial charge in [0, 0.05) is 19.3 Å². The second-order valence-corrected chi connectivity index (χ2v) is 16.6. The van der Waals surface area contributed by atoms with Gasteiger partial charge >= 0.3 is 11.9 Å². The van der Waals surface area contributed by atoms with Gasteiger partial charge in [0.15, 0.2) is 6.10 Å². The van der Waals surface area contributed by atoms with E-state index < -0.39 is 24.1 Å². The normalized spacial score (nSPS) is 13.9. The van der Waals surface area contributed by atoms with Crippen molar-refractivity contribution in [2.45, 2.75) is 174 Å². The van der Waals surface area contributed by atoms with Crippen LogP contribution in [0.5, 0.6) is 0 Å². The quantitative estimate of drug-likeness (QED) is 0.0261. The molecule has 0 rings (SSSR count). The number of hydrogen-bond acceptors (Lipinski definition) is 7. The van der Waals surface area contributed by atoms with Crippen LogP contribution in [0.15, 0.2) is 109 Å². The van der Waals surface area contributed by atoms with Gasteiger partial charge in [0.1, 0.15) is 12.6 Å². The Labute approximate surface area is 378 Å². The number of nitrogens with zero attached hydrogens (tertiary/aromatic N) is 1. The molecule has 0 bridgehead atoms. The third kappa shape index (κ3) is 41.3. The number of likely N-dealkylation sites (N-methyl/N-ethyl adjacent to an activating group) is 1. The summed E-state index contributed by atoms with van der Waals surface area (Å²) < 4.78 is 17.1. The van der Waals surface area contributed by atoms with Crippen molar-refractivity contribution >= 4 is 17.9 Å². The third-order valence-electron chi connectivity index (χ3n) is 9.91. The van der Waals surface area contributed by atoms with Crippen LogP contribution in [0, 0.1) is 0 Å². The number of allylic oxidation sites excluding steroid dienone is 18. The molecule has 350 valence electrons. The Morgan fingerprint density at radius 2 is 0.935 bits per heavy atom. The average Bonchev–Trinajstić information content (AvgIpc) is 3.23. The van der Waals surface area contributed by atoms with Crippen molar-refractivity contribution in [1.82, 2.24) is 0 Å². The van der Waals surface area contributed by atoms with Crippen molar-refractivity contribution in [3.8, 4) is 0 Å². The predicted molar refractivity (Wildman–Crippen MR) is 258 cm³/mol. The maximum Gasteiger partial charge on any atom is 0.306 e. The lowest BCUT2D eigenvalue weighted by molar-refractivity contribution is -0.889. The van der Waals surface area contributed by atoms with Crippen LogP contribution in [0.4, 0.5) is 0 Å². The van der Waals surface area contributed by atoms with Crippen molar-refractivity contribution in [3.05, 3.63) is 109 Å². The van der Waals surface area contributed by atoms with Crippen LogP contribution in [0.25, 0.3) is 0 Å². The Bertz CT molecular complexity index is 1370. The largest absolute Gasteiger partial charge is 0.544 e. The van der Waals surface area contributed by atoms with Crippen molar-refractivity contribution in [2.24, 2.45) is 0 Å². The monoisotopic (exact) mass is 862 g/mol. The summed E-state index contributed by atoms with van der Waals surface area (Å²) in [6, 6.07) is -0.748. The number of aliphatic carboxylic acids is 1. The summed E-state index contributed by atoms with van der Waals surface area (Å²) in [6.07, 6.45) is 59.8. The van der Waals surface area contributed by atoms with Crippen LogP contribution in [-0.4, -0.2) is 75.5 Å². The van der Waals surface area contributed by atoms with Gasteiger partial charge in [-0.25, -0.2) is 0 Å². The number of unbranched alkanes of at least 4 members (excludes halogenated alkanes) is 9. The maximum atomic E-state index is 12.7. The van der Waals surface area contributed by atoms with Gasteiger partial charge < -0.3 is 28.6 Å². The van der Waals surface area contributed by atoms with Gasteiger partial charge in [0.25, 0.3) is 0 Å². The molecule has 0 aliphatic carbocycles. The van der Waals surface area contributed by atoms with Gasteiger partial charge in [-0.05, 0) is 89.9 Å². The van der Waals surface area contributed by atoms with Gasteiger partial charge in [-0.2, -0.15) is 0 Å². The average molecular weight is 862 g/mol. The number of carboxylic acids is 1. The topological polar surface area (TPSA) is 102 Å². The number of quaternary nitrogens is 1. The molecule has 2 atom stereocenters. The fourth-order valence-corrected chi connectivity index (χ4v) is 6.22. The summed E-state index contributed by atoms with van der Waals surface area (Å²) in [5, 5.41) is 11.6. The maximum absolute atomic E-state index is 12.7. The van der Waals surface area contributed by atoms with E-state index in [1.807, 2.05) is 12.2 Å². The summed E-state index contributed by atoms with van der Waals surface area (Å²) in [5.41, 5.74) is 0. The van der Waals surface area contributed by atoms with Gasteiger partial charge in [-0.3, -0.25) is 9.59 Å². The first-order valence-corrected chi connectivity index (χ1v) is 23.9. The number of hydrogen-bond donors (Lipinski definition) is 0. The van der Waals surface area contributed by atoms with Crippen LogP contribution in [0.2, 0.25) is 0 Å². The van der Waals surface area contributed by atoms with Crippen molar-refractivity contribution in [2.75, 3.05) is 41.0 Å². The minimum atomic E-state index is -1.14. The molecule has 0 aromatic rings. The molecule has 0 heterocycles. The van der Waals surface area contributed by atoms with Crippen LogP contribution in [0.1, 0.15) is 162 Å². The highest BCUT2D eigenvalue weighted by Gasteiger charge is 2.25. The molecule has 62 heavy (non-hydrogen) atoms. The zero-order valence-electron chi connectivity index (χ0n) is 39.7. The number of carbonyl (C=O) groups excluding carboxylic acids is 3. The molecule has 0 aliphatic heterocycles. The van der Waals surface area contributed by atoms with Gasteiger partial charge in [-0.1, -0.05) is 162 Å². The van der Waals surface area contributed by atoms with E-state index in [2.05, 4.69) is 111 Å². The van der Waals surface area contributed by atoms with Gasteiger partial charge in [0.05, 0.1) is 40.3 Å². The van der Waals surface area contributed by atoms with E-state index in [1.54, 1.807) is 21.1 Å². The Balaban J connectivity index is 4.47. The fourth-order valence-electron chi connectivity index (χ4n) is 6.22. The summed E-state index contributed by atoms with van der Waals surface area (Å²) in [7, 11) is 5.37. The molecule has 0 aromatic carbocycles. The Morgan fingerprint density at radius 1 is 0.500 bits per heavy atom. The molecule has 0 saturated carbocycles. The Kier molecular flexibility index (Phi) is 40.8. The molecule has 0 aromatic heterocycles. The summed E-state index contributed by atoms with van der Waals surface area (Å²) >= 11 is 0. The molecule has 8 heteroatoms. The summed E-state index contributed by atoms with van der Waals surface area (Å²) in [5.74, 6) is -1.87. The van der Waals surface area contributed by atoms with E-state index >= 15 is 0 Å². The van der Waals surface area contributed by atoms with Crippen molar-refractivity contribution in [3.63, 3.8) is 0 Å². The third-order valence-corrected chi connectivity index (χ3v) is 9.91. The molecule has 0 N–H and O–H groups in total. The molecule has 8 nitrogen and oxygen atoms in total. The van der Waals surface area contributed by atoms with Crippen LogP contribution >= 0.6 is 0 Å². The van der Waals surface area contributed by atoms with E-state index in [9.17, 15) is 19.5 Å². The number of ether oxygens (including phenoxy) is 3. The highest BCUT2D eigenvalue weighted by Crippen LogP contribution is 2.12. The molecule has 0 radical (unpaired) electrons. The molecule has 0 spiro atoms. The van der Waals surface area contributed by atoms with E-state index in [4.69, 9.17) is 14.2 Å². The molecule has 0 fully saturated rings. The first-order chi connectivity index (χ1) is 30.1. The Hall–Kier alpha value is -4.01. The smallest absolute Gasteiger partial charge is 0.306 e. The number of carbonyl (C=O) groups is 3. The minimum absolute atomic E-state index is 0.00141. The summed E-state index contributed by atoms with van der Waals surface area (Å²) in [6.45, 7) is 4.41. The lowest BCUT2D eigenvalue weighted by Crippen LogP contribution is -2.55.